The van der Waals surface area contributed by atoms with E-state index in [9.17, 15) is 4.39 Å². The molecule has 0 radical (unpaired) electrons. The molecule has 0 saturated carbocycles. The standard InChI is InChI=1S/C8H5BClFO2S/c10-6-2-8-4(7(11)3-14-8)1-5(6)9(12)13/h1-3,12-13H. The third-order valence-corrected chi connectivity index (χ3v) is 3.17. The molecule has 0 amide bonds. The molecule has 0 atom stereocenters. The topological polar surface area (TPSA) is 40.5 Å². The summed E-state index contributed by atoms with van der Waals surface area (Å²) in [5.74, 6) is -0.372. The zero-order valence-electron chi connectivity index (χ0n) is 6.87. The summed E-state index contributed by atoms with van der Waals surface area (Å²) in [5, 5.41) is 19.8. The van der Waals surface area contributed by atoms with E-state index < -0.39 is 7.12 Å². The van der Waals surface area contributed by atoms with Gasteiger partial charge in [0.15, 0.2) is 0 Å². The second-order valence-corrected chi connectivity index (χ2v) is 4.15. The van der Waals surface area contributed by atoms with Gasteiger partial charge in [-0.1, -0.05) is 11.6 Å². The zero-order valence-corrected chi connectivity index (χ0v) is 8.44. The number of hydrogen-bond acceptors (Lipinski definition) is 3. The van der Waals surface area contributed by atoms with Crippen LogP contribution < -0.4 is 5.46 Å². The molecular weight excluding hydrogens is 225 g/mol. The number of fused-ring (bicyclic) bond motifs is 1. The van der Waals surface area contributed by atoms with Crippen LogP contribution in [0.3, 0.4) is 0 Å². The molecule has 0 spiro atoms. The van der Waals surface area contributed by atoms with Crippen LogP contribution in [0.2, 0.25) is 5.02 Å². The first-order valence-corrected chi connectivity index (χ1v) is 5.07. The monoisotopic (exact) mass is 230 g/mol. The predicted octanol–water partition coefficient (Wildman–Crippen LogP) is 1.37. The van der Waals surface area contributed by atoms with Gasteiger partial charge >= 0.3 is 7.12 Å². The number of rotatable bonds is 1. The summed E-state index contributed by atoms with van der Waals surface area (Å²) in [6.45, 7) is 0. The van der Waals surface area contributed by atoms with Crippen molar-refractivity contribution in [2.45, 2.75) is 0 Å². The van der Waals surface area contributed by atoms with Gasteiger partial charge in [-0.05, 0) is 12.1 Å². The smallest absolute Gasteiger partial charge is 0.423 e. The van der Waals surface area contributed by atoms with Crippen molar-refractivity contribution in [1.29, 1.82) is 0 Å². The minimum absolute atomic E-state index is 0.122. The van der Waals surface area contributed by atoms with Crippen LogP contribution in [0, 0.1) is 5.82 Å². The van der Waals surface area contributed by atoms with Gasteiger partial charge in [0.25, 0.3) is 0 Å². The van der Waals surface area contributed by atoms with Gasteiger partial charge in [0.2, 0.25) is 0 Å². The lowest BCUT2D eigenvalue weighted by Gasteiger charge is -2.02. The average molecular weight is 230 g/mol. The molecule has 2 N–H and O–H groups in total. The molecule has 6 heteroatoms. The van der Waals surface area contributed by atoms with E-state index in [1.165, 1.54) is 28.8 Å². The van der Waals surface area contributed by atoms with Crippen LogP contribution in [0.4, 0.5) is 4.39 Å². The van der Waals surface area contributed by atoms with E-state index >= 15 is 0 Å². The molecule has 0 fully saturated rings. The average Bonchev–Trinajstić information content (AvgIpc) is 2.46. The van der Waals surface area contributed by atoms with Crippen LogP contribution in [0.25, 0.3) is 10.1 Å². The van der Waals surface area contributed by atoms with Crippen molar-refractivity contribution in [1.82, 2.24) is 0 Å². The summed E-state index contributed by atoms with van der Waals surface area (Å²) in [4.78, 5) is 0. The van der Waals surface area contributed by atoms with Crippen molar-refractivity contribution in [3.05, 3.63) is 28.4 Å². The Hall–Kier alpha value is -0.615. The van der Waals surface area contributed by atoms with Crippen molar-refractivity contribution < 1.29 is 14.4 Å². The number of halogens is 2. The van der Waals surface area contributed by atoms with Gasteiger partial charge in [0.05, 0.1) is 0 Å². The predicted molar refractivity (Wildman–Crippen MR) is 56.6 cm³/mol. The highest BCUT2D eigenvalue weighted by molar-refractivity contribution is 7.17. The number of benzene rings is 1. The molecule has 1 heterocycles. The Morgan fingerprint density at radius 2 is 2.07 bits per heavy atom. The van der Waals surface area contributed by atoms with Crippen molar-refractivity contribution >= 4 is 45.6 Å². The van der Waals surface area contributed by atoms with Gasteiger partial charge in [-0.2, -0.15) is 0 Å². The summed E-state index contributed by atoms with van der Waals surface area (Å²) in [6.07, 6.45) is 0. The van der Waals surface area contributed by atoms with E-state index in [1.807, 2.05) is 0 Å². The first kappa shape index (κ1) is 9.92. The van der Waals surface area contributed by atoms with Gasteiger partial charge in [0, 0.05) is 26.0 Å². The molecule has 0 aliphatic rings. The first-order chi connectivity index (χ1) is 6.59. The van der Waals surface area contributed by atoms with Gasteiger partial charge in [-0.25, -0.2) is 4.39 Å². The highest BCUT2D eigenvalue weighted by Crippen LogP contribution is 2.26. The number of thiophene rings is 1. The second kappa shape index (κ2) is 3.51. The van der Waals surface area contributed by atoms with E-state index in [-0.39, 0.29) is 16.3 Å². The maximum atomic E-state index is 13.1. The third-order valence-electron chi connectivity index (χ3n) is 1.92. The summed E-state index contributed by atoms with van der Waals surface area (Å²) >= 11 is 7.00. The van der Waals surface area contributed by atoms with Crippen LogP contribution in [0.5, 0.6) is 0 Å². The Bertz CT molecular complexity index is 485. The van der Waals surface area contributed by atoms with Gasteiger partial charge in [-0.15, -0.1) is 11.3 Å². The Kier molecular flexibility index (Phi) is 2.49. The van der Waals surface area contributed by atoms with E-state index in [2.05, 4.69) is 0 Å². The lowest BCUT2D eigenvalue weighted by molar-refractivity contribution is 0.426. The zero-order chi connectivity index (χ0) is 10.3. The fourth-order valence-corrected chi connectivity index (χ4v) is 2.39. The van der Waals surface area contributed by atoms with Crippen molar-refractivity contribution in [3.63, 3.8) is 0 Å². The third kappa shape index (κ3) is 1.52. The minimum Gasteiger partial charge on any atom is -0.423 e. The highest BCUT2D eigenvalue weighted by Gasteiger charge is 2.17. The molecule has 1 aromatic carbocycles. The molecule has 0 aliphatic heterocycles. The summed E-state index contributed by atoms with van der Waals surface area (Å²) < 4.78 is 13.8. The molecule has 0 saturated heterocycles. The van der Waals surface area contributed by atoms with E-state index in [1.54, 1.807) is 0 Å². The van der Waals surface area contributed by atoms with Crippen molar-refractivity contribution in [2.24, 2.45) is 0 Å². The molecule has 14 heavy (non-hydrogen) atoms. The maximum absolute atomic E-state index is 13.1. The Labute approximate surface area is 88.7 Å². The van der Waals surface area contributed by atoms with Crippen LogP contribution in [-0.2, 0) is 0 Å². The SMILES string of the molecule is OB(O)c1cc2c(F)csc2cc1Cl. The highest BCUT2D eigenvalue weighted by atomic mass is 35.5. The molecule has 2 aromatic rings. The lowest BCUT2D eigenvalue weighted by atomic mass is 9.80. The summed E-state index contributed by atoms with van der Waals surface area (Å²) in [6, 6.07) is 2.88. The molecule has 0 aliphatic carbocycles. The van der Waals surface area contributed by atoms with E-state index in [4.69, 9.17) is 21.6 Å². The van der Waals surface area contributed by atoms with E-state index in [0.29, 0.717) is 10.1 Å². The normalized spacial score (nSPS) is 10.9. The fourth-order valence-electron chi connectivity index (χ4n) is 1.23. The largest absolute Gasteiger partial charge is 0.489 e. The number of hydrogen-bond donors (Lipinski definition) is 2. The van der Waals surface area contributed by atoms with Gasteiger partial charge in [-0.3, -0.25) is 0 Å². The fraction of sp³-hybridized carbons (Fsp3) is 0. The molecule has 0 unspecified atom stereocenters. The molecule has 2 rings (SSSR count). The molecule has 72 valence electrons. The van der Waals surface area contributed by atoms with Crippen LogP contribution in [0.1, 0.15) is 0 Å². The quantitative estimate of drug-likeness (QED) is 0.727. The Morgan fingerprint density at radius 3 is 2.71 bits per heavy atom. The summed E-state index contributed by atoms with van der Waals surface area (Å²) in [7, 11) is -1.67. The Balaban J connectivity index is 2.74. The molecule has 1 aromatic heterocycles. The maximum Gasteiger partial charge on any atom is 0.489 e. The molecular formula is C8H5BClFO2S. The van der Waals surface area contributed by atoms with Crippen LogP contribution in [-0.4, -0.2) is 17.2 Å². The Morgan fingerprint density at radius 1 is 1.36 bits per heavy atom. The molecule has 2 nitrogen and oxygen atoms in total. The molecule has 0 bridgehead atoms. The van der Waals surface area contributed by atoms with Crippen LogP contribution in [0.15, 0.2) is 17.5 Å². The van der Waals surface area contributed by atoms with E-state index in [0.717, 1.165) is 0 Å². The van der Waals surface area contributed by atoms with Crippen molar-refractivity contribution in [3.8, 4) is 0 Å². The first-order valence-electron chi connectivity index (χ1n) is 3.82. The minimum atomic E-state index is -1.67. The van der Waals surface area contributed by atoms with Crippen molar-refractivity contribution in [2.75, 3.05) is 0 Å². The van der Waals surface area contributed by atoms with Gasteiger partial charge in [0.1, 0.15) is 5.82 Å². The van der Waals surface area contributed by atoms with Gasteiger partial charge < -0.3 is 10.0 Å². The second-order valence-electron chi connectivity index (χ2n) is 2.83. The van der Waals surface area contributed by atoms with Crippen LogP contribution >= 0.6 is 22.9 Å². The lowest BCUT2D eigenvalue weighted by Crippen LogP contribution is -2.30. The summed E-state index contributed by atoms with van der Waals surface area (Å²) in [5.41, 5.74) is 0.122.